The SMILES string of the molecule is CCNC(=NCC1(O)CCSC1)NCCCn1nc(C)cc1C. The molecule has 0 saturated carbocycles. The molecule has 3 N–H and O–H groups in total. The number of aliphatic hydroxyl groups is 1. The fraction of sp³-hybridized carbons (Fsp3) is 0.750. The molecule has 6 nitrogen and oxygen atoms in total. The average molecular weight is 340 g/mol. The van der Waals surface area contributed by atoms with E-state index in [-0.39, 0.29) is 0 Å². The molecule has 2 heterocycles. The highest BCUT2D eigenvalue weighted by Crippen LogP contribution is 2.27. The second kappa shape index (κ2) is 8.59. The smallest absolute Gasteiger partial charge is 0.191 e. The number of rotatable bonds is 7. The molecule has 1 saturated heterocycles. The van der Waals surface area contributed by atoms with Crippen molar-refractivity contribution >= 4 is 17.7 Å². The Hall–Kier alpha value is -1.21. The quantitative estimate of drug-likeness (QED) is 0.397. The van der Waals surface area contributed by atoms with Gasteiger partial charge in [-0.15, -0.1) is 0 Å². The van der Waals surface area contributed by atoms with Gasteiger partial charge in [0.25, 0.3) is 0 Å². The lowest BCUT2D eigenvalue weighted by molar-refractivity contribution is 0.0778. The molecule has 130 valence electrons. The summed E-state index contributed by atoms with van der Waals surface area (Å²) in [5, 5.41) is 21.4. The Morgan fingerprint density at radius 2 is 2.30 bits per heavy atom. The van der Waals surface area contributed by atoms with Gasteiger partial charge >= 0.3 is 0 Å². The Labute approximate surface area is 143 Å². The van der Waals surface area contributed by atoms with Crippen molar-refractivity contribution in [3.8, 4) is 0 Å². The first kappa shape index (κ1) is 18.1. The standard InChI is InChI=1S/C16H29N5OS/c1-4-17-15(19-11-16(22)6-9-23-12-16)18-7-5-8-21-14(3)10-13(2)20-21/h10,22H,4-9,11-12H2,1-3H3,(H2,17,18,19). The van der Waals surface area contributed by atoms with Gasteiger partial charge in [-0.3, -0.25) is 9.67 Å². The molecular weight excluding hydrogens is 310 g/mol. The van der Waals surface area contributed by atoms with E-state index in [1.165, 1.54) is 5.69 Å². The van der Waals surface area contributed by atoms with Gasteiger partial charge in [0.05, 0.1) is 17.8 Å². The van der Waals surface area contributed by atoms with Crippen LogP contribution >= 0.6 is 11.8 Å². The van der Waals surface area contributed by atoms with Crippen molar-refractivity contribution in [1.29, 1.82) is 0 Å². The lowest BCUT2D eigenvalue weighted by Crippen LogP contribution is -2.40. The fourth-order valence-electron chi connectivity index (χ4n) is 2.63. The van der Waals surface area contributed by atoms with Crippen molar-refractivity contribution in [2.24, 2.45) is 4.99 Å². The predicted octanol–water partition coefficient (Wildman–Crippen LogP) is 1.31. The minimum absolute atomic E-state index is 0.465. The van der Waals surface area contributed by atoms with Crippen LogP contribution in [0.1, 0.15) is 31.2 Å². The highest BCUT2D eigenvalue weighted by atomic mass is 32.2. The van der Waals surface area contributed by atoms with Crippen LogP contribution in [0.15, 0.2) is 11.1 Å². The van der Waals surface area contributed by atoms with Gasteiger partial charge < -0.3 is 15.7 Å². The molecule has 0 bridgehead atoms. The zero-order valence-electron chi connectivity index (χ0n) is 14.4. The maximum atomic E-state index is 10.4. The Balaban J connectivity index is 1.76. The van der Waals surface area contributed by atoms with E-state index in [1.54, 1.807) is 11.8 Å². The molecule has 0 radical (unpaired) electrons. The first-order valence-corrected chi connectivity index (χ1v) is 9.51. The molecule has 1 aromatic rings. The Morgan fingerprint density at radius 3 is 2.91 bits per heavy atom. The molecule has 2 rings (SSSR count). The highest BCUT2D eigenvalue weighted by molar-refractivity contribution is 7.99. The summed E-state index contributed by atoms with van der Waals surface area (Å²) >= 11 is 1.80. The van der Waals surface area contributed by atoms with Gasteiger partial charge in [0.2, 0.25) is 0 Å². The van der Waals surface area contributed by atoms with Crippen LogP contribution in [-0.2, 0) is 6.54 Å². The van der Waals surface area contributed by atoms with E-state index >= 15 is 0 Å². The number of thioether (sulfide) groups is 1. The lowest BCUT2D eigenvalue weighted by Gasteiger charge is -2.19. The van der Waals surface area contributed by atoms with Crippen LogP contribution in [-0.4, -0.2) is 57.6 Å². The summed E-state index contributed by atoms with van der Waals surface area (Å²) in [5.41, 5.74) is 1.63. The fourth-order valence-corrected chi connectivity index (χ4v) is 3.91. The maximum absolute atomic E-state index is 10.4. The molecule has 1 aliphatic heterocycles. The van der Waals surface area contributed by atoms with Crippen LogP contribution in [0.2, 0.25) is 0 Å². The topological polar surface area (TPSA) is 74.5 Å². The van der Waals surface area contributed by atoms with Gasteiger partial charge in [-0.2, -0.15) is 16.9 Å². The normalized spacial score (nSPS) is 21.7. The third-order valence-corrected chi connectivity index (χ3v) is 5.13. The molecule has 1 aliphatic rings. The summed E-state index contributed by atoms with van der Waals surface area (Å²) in [6.45, 7) is 9.16. The predicted molar refractivity (Wildman–Crippen MR) is 97.2 cm³/mol. The summed E-state index contributed by atoms with van der Waals surface area (Å²) < 4.78 is 2.04. The van der Waals surface area contributed by atoms with Crippen LogP contribution < -0.4 is 10.6 Å². The molecule has 7 heteroatoms. The summed E-state index contributed by atoms with van der Waals surface area (Å²) in [6, 6.07) is 2.10. The van der Waals surface area contributed by atoms with E-state index < -0.39 is 5.60 Å². The molecule has 1 atom stereocenters. The van der Waals surface area contributed by atoms with E-state index in [0.717, 1.165) is 55.6 Å². The zero-order valence-corrected chi connectivity index (χ0v) is 15.2. The van der Waals surface area contributed by atoms with Gasteiger partial charge in [0.15, 0.2) is 5.96 Å². The third-order valence-electron chi connectivity index (χ3n) is 3.90. The minimum Gasteiger partial charge on any atom is -0.387 e. The van der Waals surface area contributed by atoms with Crippen LogP contribution in [0.5, 0.6) is 0 Å². The number of aliphatic imine (C=N–C) groups is 1. The lowest BCUT2D eigenvalue weighted by atomic mass is 10.1. The van der Waals surface area contributed by atoms with Crippen molar-refractivity contribution in [3.63, 3.8) is 0 Å². The molecule has 0 aliphatic carbocycles. The Kier molecular flexibility index (Phi) is 6.77. The van der Waals surface area contributed by atoms with Crippen LogP contribution in [0.3, 0.4) is 0 Å². The number of nitrogens with one attached hydrogen (secondary N) is 2. The first-order valence-electron chi connectivity index (χ1n) is 8.36. The number of hydrogen-bond acceptors (Lipinski definition) is 4. The largest absolute Gasteiger partial charge is 0.387 e. The molecule has 1 unspecified atom stereocenters. The van der Waals surface area contributed by atoms with Crippen molar-refractivity contribution in [1.82, 2.24) is 20.4 Å². The zero-order chi connectivity index (χ0) is 16.7. The Morgan fingerprint density at radius 1 is 1.48 bits per heavy atom. The van der Waals surface area contributed by atoms with E-state index in [2.05, 4.69) is 33.7 Å². The number of aromatic nitrogens is 2. The van der Waals surface area contributed by atoms with Gasteiger partial charge in [0.1, 0.15) is 0 Å². The Bertz CT molecular complexity index is 523. The van der Waals surface area contributed by atoms with E-state index in [0.29, 0.717) is 6.54 Å². The van der Waals surface area contributed by atoms with Crippen LogP contribution in [0, 0.1) is 13.8 Å². The summed E-state index contributed by atoms with van der Waals surface area (Å²) in [5.74, 6) is 2.60. The second-order valence-corrected chi connectivity index (χ2v) is 7.26. The van der Waals surface area contributed by atoms with Crippen molar-refractivity contribution in [3.05, 3.63) is 17.5 Å². The van der Waals surface area contributed by atoms with E-state index in [9.17, 15) is 5.11 Å². The second-order valence-electron chi connectivity index (χ2n) is 6.15. The summed E-state index contributed by atoms with van der Waals surface area (Å²) in [7, 11) is 0. The summed E-state index contributed by atoms with van der Waals surface area (Å²) in [4.78, 5) is 4.54. The molecule has 1 fully saturated rings. The number of nitrogens with zero attached hydrogens (tertiary/aromatic N) is 3. The van der Waals surface area contributed by atoms with Crippen LogP contribution in [0.4, 0.5) is 0 Å². The number of guanidine groups is 1. The maximum Gasteiger partial charge on any atom is 0.191 e. The molecular formula is C16H29N5OS. The van der Waals surface area contributed by atoms with Crippen LogP contribution in [0.25, 0.3) is 0 Å². The molecule has 0 amide bonds. The van der Waals surface area contributed by atoms with Crippen molar-refractivity contribution < 1.29 is 5.11 Å². The molecule has 1 aromatic heterocycles. The van der Waals surface area contributed by atoms with E-state index in [1.807, 2.05) is 18.5 Å². The molecule has 0 spiro atoms. The average Bonchev–Trinajstić information content (AvgIpc) is 3.07. The number of aryl methyl sites for hydroxylation is 3. The van der Waals surface area contributed by atoms with E-state index in [4.69, 9.17) is 0 Å². The monoisotopic (exact) mass is 339 g/mol. The van der Waals surface area contributed by atoms with Crippen molar-refractivity contribution in [2.75, 3.05) is 31.1 Å². The third kappa shape index (κ3) is 5.73. The van der Waals surface area contributed by atoms with Crippen molar-refractivity contribution in [2.45, 2.75) is 45.8 Å². The minimum atomic E-state index is -0.628. The highest BCUT2D eigenvalue weighted by Gasteiger charge is 2.31. The molecule has 23 heavy (non-hydrogen) atoms. The van der Waals surface area contributed by atoms with Gasteiger partial charge in [0, 0.05) is 31.1 Å². The van der Waals surface area contributed by atoms with Gasteiger partial charge in [-0.1, -0.05) is 0 Å². The summed E-state index contributed by atoms with van der Waals surface area (Å²) in [6.07, 6.45) is 1.81. The van der Waals surface area contributed by atoms with Gasteiger partial charge in [-0.25, -0.2) is 0 Å². The number of hydrogen-bond donors (Lipinski definition) is 3. The molecule has 0 aromatic carbocycles. The van der Waals surface area contributed by atoms with Gasteiger partial charge in [-0.05, 0) is 45.4 Å². The first-order chi connectivity index (χ1) is 11.0.